The van der Waals surface area contributed by atoms with Gasteiger partial charge in [-0.25, -0.2) is 5.48 Å². The Morgan fingerprint density at radius 2 is 2.69 bits per heavy atom. The third-order valence-electron chi connectivity index (χ3n) is 1.75. The maximum Gasteiger partial charge on any atom is 0.263 e. The highest BCUT2D eigenvalue weighted by Crippen LogP contribution is 1.96. The molecule has 0 aromatic carbocycles. The fourth-order valence-corrected chi connectivity index (χ4v) is 0.941. The summed E-state index contributed by atoms with van der Waals surface area (Å²) in [6.07, 6.45) is 0. The first-order valence-corrected chi connectivity index (χ1v) is 3.80. The lowest BCUT2D eigenvalue weighted by molar-refractivity contribution is -0.125. The number of hydrogen-bond donors (Lipinski definition) is 4. The van der Waals surface area contributed by atoms with E-state index in [1.165, 1.54) is 0 Å². The average molecular weight is 188 g/mol. The molecule has 0 spiro atoms. The molecule has 1 saturated heterocycles. The molecule has 2 unspecified atom stereocenters. The fraction of sp³-hybridized carbons (Fsp3) is 0.667. The predicted octanol–water partition coefficient (Wildman–Crippen LogP) is -1.86. The number of amidine groups is 1. The van der Waals surface area contributed by atoms with Crippen molar-refractivity contribution in [1.29, 1.82) is 0 Å². The summed E-state index contributed by atoms with van der Waals surface area (Å²) in [4.78, 5) is 15.7. The SMILES string of the molecule is CC(NC1CONC1=O)/C(N)=N/O. The van der Waals surface area contributed by atoms with Gasteiger partial charge >= 0.3 is 0 Å². The van der Waals surface area contributed by atoms with Gasteiger partial charge in [0.2, 0.25) is 0 Å². The van der Waals surface area contributed by atoms with Crippen LogP contribution in [0.4, 0.5) is 0 Å². The zero-order valence-corrected chi connectivity index (χ0v) is 7.15. The number of rotatable bonds is 3. The zero-order valence-electron chi connectivity index (χ0n) is 7.15. The summed E-state index contributed by atoms with van der Waals surface area (Å²) in [6, 6.07) is -0.822. The van der Waals surface area contributed by atoms with E-state index in [0.29, 0.717) is 0 Å². The summed E-state index contributed by atoms with van der Waals surface area (Å²) in [6.45, 7) is 1.92. The minimum absolute atomic E-state index is 0.0275. The molecule has 0 saturated carbocycles. The number of amides is 1. The molecule has 0 aromatic rings. The van der Waals surface area contributed by atoms with E-state index in [1.54, 1.807) is 6.92 Å². The molecule has 0 aliphatic carbocycles. The summed E-state index contributed by atoms with van der Waals surface area (Å²) in [5.74, 6) is -0.225. The molecule has 7 nitrogen and oxygen atoms in total. The van der Waals surface area contributed by atoms with E-state index in [9.17, 15) is 4.79 Å². The lowest BCUT2D eigenvalue weighted by Crippen LogP contribution is -2.48. The van der Waals surface area contributed by atoms with E-state index in [1.807, 2.05) is 0 Å². The van der Waals surface area contributed by atoms with E-state index in [2.05, 4.69) is 20.8 Å². The van der Waals surface area contributed by atoms with Crippen molar-refractivity contribution >= 4 is 11.7 Å². The van der Waals surface area contributed by atoms with Gasteiger partial charge in [0.1, 0.15) is 6.04 Å². The van der Waals surface area contributed by atoms with Crippen LogP contribution >= 0.6 is 0 Å². The number of hydroxylamine groups is 1. The van der Waals surface area contributed by atoms with Crippen LogP contribution in [0.5, 0.6) is 0 Å². The molecule has 13 heavy (non-hydrogen) atoms. The van der Waals surface area contributed by atoms with Crippen molar-refractivity contribution in [3.8, 4) is 0 Å². The molecule has 0 radical (unpaired) electrons. The maximum atomic E-state index is 11.0. The third-order valence-corrected chi connectivity index (χ3v) is 1.75. The first-order valence-electron chi connectivity index (χ1n) is 3.80. The predicted molar refractivity (Wildman–Crippen MR) is 43.9 cm³/mol. The van der Waals surface area contributed by atoms with Crippen LogP contribution in [-0.4, -0.2) is 35.6 Å². The highest BCUT2D eigenvalue weighted by atomic mass is 16.7. The van der Waals surface area contributed by atoms with Crippen molar-refractivity contribution in [2.45, 2.75) is 19.0 Å². The standard InChI is InChI=1S/C6H12N4O3/c1-3(5(7)9-12)8-4-2-13-10-6(4)11/h3-4,8,12H,2H2,1H3,(H2,7,9)(H,10,11). The van der Waals surface area contributed by atoms with Crippen LogP contribution in [0, 0.1) is 0 Å². The summed E-state index contributed by atoms with van der Waals surface area (Å²) in [5, 5.41) is 14.0. The van der Waals surface area contributed by atoms with Crippen LogP contribution in [0.1, 0.15) is 6.92 Å². The molecule has 2 atom stereocenters. The Bertz CT molecular complexity index is 230. The van der Waals surface area contributed by atoms with Gasteiger partial charge in [-0.15, -0.1) is 0 Å². The third kappa shape index (κ3) is 2.30. The largest absolute Gasteiger partial charge is 0.409 e. The summed E-state index contributed by atoms with van der Waals surface area (Å²) in [7, 11) is 0. The van der Waals surface area contributed by atoms with Gasteiger partial charge in [-0.05, 0) is 6.92 Å². The number of carbonyl (C=O) groups is 1. The molecule has 1 aliphatic heterocycles. The Morgan fingerprint density at radius 3 is 3.15 bits per heavy atom. The van der Waals surface area contributed by atoms with E-state index >= 15 is 0 Å². The Labute approximate surface area is 74.9 Å². The highest BCUT2D eigenvalue weighted by Gasteiger charge is 2.27. The number of carbonyl (C=O) groups excluding carboxylic acids is 1. The van der Waals surface area contributed by atoms with Gasteiger partial charge < -0.3 is 10.9 Å². The Morgan fingerprint density at radius 1 is 2.00 bits per heavy atom. The molecular weight excluding hydrogens is 176 g/mol. The minimum Gasteiger partial charge on any atom is -0.409 e. The highest BCUT2D eigenvalue weighted by molar-refractivity contribution is 5.87. The van der Waals surface area contributed by atoms with E-state index in [4.69, 9.17) is 10.9 Å². The van der Waals surface area contributed by atoms with Crippen molar-refractivity contribution in [2.24, 2.45) is 10.9 Å². The van der Waals surface area contributed by atoms with Gasteiger partial charge in [0.15, 0.2) is 5.84 Å². The van der Waals surface area contributed by atoms with Gasteiger partial charge in [-0.1, -0.05) is 5.16 Å². The van der Waals surface area contributed by atoms with E-state index in [-0.39, 0.29) is 24.4 Å². The van der Waals surface area contributed by atoms with Crippen LogP contribution in [0.3, 0.4) is 0 Å². The molecule has 0 aromatic heterocycles. The Balaban J connectivity index is 2.44. The van der Waals surface area contributed by atoms with Crippen LogP contribution in [0.15, 0.2) is 5.16 Å². The number of nitrogens with two attached hydrogens (primary N) is 1. The smallest absolute Gasteiger partial charge is 0.263 e. The lowest BCUT2D eigenvalue weighted by atomic mass is 10.2. The molecule has 1 fully saturated rings. The van der Waals surface area contributed by atoms with Gasteiger partial charge in [0.05, 0.1) is 12.6 Å². The number of oxime groups is 1. The van der Waals surface area contributed by atoms with Crippen LogP contribution < -0.4 is 16.5 Å². The monoisotopic (exact) mass is 188 g/mol. The van der Waals surface area contributed by atoms with Crippen molar-refractivity contribution < 1.29 is 14.8 Å². The van der Waals surface area contributed by atoms with Gasteiger partial charge in [0.25, 0.3) is 5.91 Å². The average Bonchev–Trinajstić information content (AvgIpc) is 2.50. The molecule has 1 amide bonds. The van der Waals surface area contributed by atoms with Crippen molar-refractivity contribution in [3.05, 3.63) is 0 Å². The number of nitrogens with one attached hydrogen (secondary N) is 2. The van der Waals surface area contributed by atoms with Gasteiger partial charge in [0, 0.05) is 0 Å². The second-order valence-corrected chi connectivity index (χ2v) is 2.74. The topological polar surface area (TPSA) is 109 Å². The molecule has 1 rings (SSSR count). The number of nitrogens with zero attached hydrogens (tertiary/aromatic N) is 1. The molecule has 0 bridgehead atoms. The molecule has 74 valence electrons. The quantitative estimate of drug-likeness (QED) is 0.180. The minimum atomic E-state index is -0.449. The molecule has 1 heterocycles. The molecular formula is C6H12N4O3. The maximum absolute atomic E-state index is 11.0. The summed E-state index contributed by atoms with van der Waals surface area (Å²) < 4.78 is 0. The van der Waals surface area contributed by atoms with Gasteiger partial charge in [-0.3, -0.25) is 14.9 Å². The van der Waals surface area contributed by atoms with Crippen LogP contribution in [0.2, 0.25) is 0 Å². The molecule has 5 N–H and O–H groups in total. The second-order valence-electron chi connectivity index (χ2n) is 2.74. The molecule has 1 aliphatic rings. The Hall–Kier alpha value is -1.34. The summed E-state index contributed by atoms with van der Waals surface area (Å²) >= 11 is 0. The zero-order chi connectivity index (χ0) is 9.84. The molecule has 7 heteroatoms. The summed E-state index contributed by atoms with van der Waals surface area (Å²) in [5.41, 5.74) is 7.49. The Kier molecular flexibility index (Phi) is 3.04. The first-order chi connectivity index (χ1) is 6.15. The van der Waals surface area contributed by atoms with Crippen LogP contribution in [-0.2, 0) is 9.63 Å². The fourth-order valence-electron chi connectivity index (χ4n) is 0.941. The van der Waals surface area contributed by atoms with E-state index < -0.39 is 6.04 Å². The van der Waals surface area contributed by atoms with Gasteiger partial charge in [-0.2, -0.15) is 0 Å². The van der Waals surface area contributed by atoms with Crippen LogP contribution in [0.25, 0.3) is 0 Å². The number of hydrogen-bond acceptors (Lipinski definition) is 5. The lowest BCUT2D eigenvalue weighted by Gasteiger charge is -2.14. The van der Waals surface area contributed by atoms with Crippen molar-refractivity contribution in [1.82, 2.24) is 10.8 Å². The second kappa shape index (κ2) is 4.06. The first kappa shape index (κ1) is 9.75. The normalized spacial score (nSPS) is 25.8. The van der Waals surface area contributed by atoms with Crippen molar-refractivity contribution in [3.63, 3.8) is 0 Å². The van der Waals surface area contributed by atoms with Crippen molar-refractivity contribution in [2.75, 3.05) is 6.61 Å². The van der Waals surface area contributed by atoms with E-state index in [0.717, 1.165) is 0 Å².